The van der Waals surface area contributed by atoms with Gasteiger partial charge in [0.05, 0.1) is 11.1 Å². The molecule has 0 aliphatic carbocycles. The lowest BCUT2D eigenvalue weighted by Crippen LogP contribution is -2.21. The molecule has 0 saturated heterocycles. The number of hydrogen-bond donors (Lipinski definition) is 1. The Bertz CT molecular complexity index is 920. The minimum atomic E-state index is -0.496. The van der Waals surface area contributed by atoms with E-state index in [1.54, 1.807) is 23.9 Å². The van der Waals surface area contributed by atoms with Crippen LogP contribution in [0, 0.1) is 19.7 Å². The first-order valence-electron chi connectivity index (χ1n) is 7.44. The average Bonchev–Trinajstić information content (AvgIpc) is 2.84. The molecule has 0 aliphatic heterocycles. The van der Waals surface area contributed by atoms with Gasteiger partial charge in [0.1, 0.15) is 5.82 Å². The number of aromatic nitrogens is 3. The number of benzene rings is 1. The first-order valence-corrected chi connectivity index (χ1v) is 7.44. The predicted octanol–water partition coefficient (Wildman–Crippen LogP) is 2.74. The number of carbonyl (C=O) groups is 1. The highest BCUT2D eigenvalue weighted by Crippen LogP contribution is 2.27. The number of hydrogen-bond acceptors (Lipinski definition) is 4. The van der Waals surface area contributed by atoms with Crippen molar-refractivity contribution in [3.05, 3.63) is 47.4 Å². The molecule has 0 fully saturated rings. The van der Waals surface area contributed by atoms with Gasteiger partial charge in [0.25, 0.3) is 5.91 Å². The maximum absolute atomic E-state index is 13.5. The molecule has 124 valence electrons. The maximum atomic E-state index is 13.5. The lowest BCUT2D eigenvalue weighted by molar-refractivity contribution is -0.118. The molecular weight excluding hydrogens is 311 g/mol. The van der Waals surface area contributed by atoms with Crippen LogP contribution >= 0.6 is 0 Å². The van der Waals surface area contributed by atoms with Crippen LogP contribution in [0.1, 0.15) is 11.3 Å². The van der Waals surface area contributed by atoms with Gasteiger partial charge in [-0.3, -0.25) is 4.79 Å². The quantitative estimate of drug-likeness (QED) is 0.799. The lowest BCUT2D eigenvalue weighted by Gasteiger charge is -2.07. The molecule has 0 atom stereocenters. The molecule has 0 aliphatic rings. The predicted molar refractivity (Wildman–Crippen MR) is 88.5 cm³/mol. The second kappa shape index (κ2) is 6.27. The number of nitrogens with zero attached hydrogens (tertiary/aromatic N) is 3. The maximum Gasteiger partial charge on any atom is 0.262 e. The monoisotopic (exact) mass is 328 g/mol. The summed E-state index contributed by atoms with van der Waals surface area (Å²) in [5, 5.41) is 7.50. The number of carbonyl (C=O) groups excluding carboxylic acids is 1. The lowest BCUT2D eigenvalue weighted by atomic mass is 10.2. The van der Waals surface area contributed by atoms with E-state index in [1.807, 2.05) is 19.9 Å². The van der Waals surface area contributed by atoms with Gasteiger partial charge in [0.2, 0.25) is 5.88 Å². The fraction of sp³-hybridized carbons (Fsp3) is 0.235. The molecule has 0 saturated carbocycles. The highest BCUT2D eigenvalue weighted by atomic mass is 19.1. The third-order valence-electron chi connectivity index (χ3n) is 3.57. The first-order chi connectivity index (χ1) is 11.5. The average molecular weight is 328 g/mol. The number of para-hydroxylation sites is 1. The largest absolute Gasteiger partial charge is 0.466 e. The summed E-state index contributed by atoms with van der Waals surface area (Å²) >= 11 is 0. The van der Waals surface area contributed by atoms with Gasteiger partial charge in [-0.2, -0.15) is 0 Å². The van der Waals surface area contributed by atoms with Gasteiger partial charge in [-0.05, 0) is 37.6 Å². The van der Waals surface area contributed by atoms with Crippen LogP contribution in [0.4, 0.5) is 10.1 Å². The van der Waals surface area contributed by atoms with E-state index in [1.165, 1.54) is 12.1 Å². The van der Waals surface area contributed by atoms with E-state index >= 15 is 0 Å². The van der Waals surface area contributed by atoms with Crippen molar-refractivity contribution in [3.63, 3.8) is 0 Å². The number of fused-ring (bicyclic) bond motifs is 1. The molecule has 6 nitrogen and oxygen atoms in total. The van der Waals surface area contributed by atoms with Crippen LogP contribution in [0.25, 0.3) is 11.0 Å². The van der Waals surface area contributed by atoms with Crippen molar-refractivity contribution in [1.29, 1.82) is 0 Å². The third-order valence-corrected chi connectivity index (χ3v) is 3.57. The summed E-state index contributed by atoms with van der Waals surface area (Å²) in [4.78, 5) is 16.4. The van der Waals surface area contributed by atoms with E-state index in [-0.39, 0.29) is 12.3 Å². The number of amides is 1. The summed E-state index contributed by atoms with van der Waals surface area (Å²) in [6, 6.07) is 7.89. The second-order valence-corrected chi connectivity index (χ2v) is 5.52. The Morgan fingerprint density at radius 1 is 1.33 bits per heavy atom. The molecule has 1 amide bonds. The zero-order valence-electron chi connectivity index (χ0n) is 13.6. The summed E-state index contributed by atoms with van der Waals surface area (Å²) in [5.74, 6) is -0.623. The van der Waals surface area contributed by atoms with Crippen molar-refractivity contribution in [1.82, 2.24) is 14.8 Å². The number of nitrogens with one attached hydrogen (secondary N) is 1. The highest BCUT2D eigenvalue weighted by molar-refractivity contribution is 5.92. The molecule has 7 heteroatoms. The topological polar surface area (TPSA) is 69.0 Å². The number of aryl methyl sites for hydroxylation is 3. The van der Waals surface area contributed by atoms with E-state index in [4.69, 9.17) is 4.74 Å². The summed E-state index contributed by atoms with van der Waals surface area (Å²) < 4.78 is 20.7. The standard InChI is InChI=1S/C17H17FN4O2/c1-10-8-11(2)19-16-15(10)17(21-22(16)3)24-9-14(23)20-13-7-5-4-6-12(13)18/h4-8H,9H2,1-3H3,(H,20,23). The Labute approximate surface area is 138 Å². The van der Waals surface area contributed by atoms with Crippen LogP contribution in [0.2, 0.25) is 0 Å². The summed E-state index contributed by atoms with van der Waals surface area (Å²) in [6.07, 6.45) is 0. The molecule has 24 heavy (non-hydrogen) atoms. The molecule has 3 aromatic rings. The van der Waals surface area contributed by atoms with Gasteiger partial charge < -0.3 is 10.1 Å². The fourth-order valence-corrected chi connectivity index (χ4v) is 2.53. The normalized spacial score (nSPS) is 10.8. The number of halogens is 1. The molecule has 0 radical (unpaired) electrons. The molecule has 2 aromatic heterocycles. The molecule has 0 unspecified atom stereocenters. The molecule has 0 spiro atoms. The van der Waals surface area contributed by atoms with E-state index in [0.717, 1.165) is 16.6 Å². The van der Waals surface area contributed by atoms with E-state index in [0.29, 0.717) is 11.5 Å². The van der Waals surface area contributed by atoms with Gasteiger partial charge in [-0.1, -0.05) is 12.1 Å². The van der Waals surface area contributed by atoms with Crippen LogP contribution in [0.5, 0.6) is 5.88 Å². The van der Waals surface area contributed by atoms with Crippen LogP contribution in [-0.4, -0.2) is 27.3 Å². The summed E-state index contributed by atoms with van der Waals surface area (Å²) in [6.45, 7) is 3.57. The number of pyridine rings is 1. The fourth-order valence-electron chi connectivity index (χ4n) is 2.53. The third kappa shape index (κ3) is 3.05. The minimum Gasteiger partial charge on any atom is -0.466 e. The smallest absolute Gasteiger partial charge is 0.262 e. The Morgan fingerprint density at radius 2 is 2.08 bits per heavy atom. The van der Waals surface area contributed by atoms with Gasteiger partial charge in [0, 0.05) is 12.7 Å². The van der Waals surface area contributed by atoms with E-state index < -0.39 is 11.7 Å². The van der Waals surface area contributed by atoms with Crippen molar-refractivity contribution >= 4 is 22.6 Å². The van der Waals surface area contributed by atoms with Crippen LogP contribution in [-0.2, 0) is 11.8 Å². The zero-order chi connectivity index (χ0) is 17.3. The Kier molecular flexibility index (Phi) is 4.16. The minimum absolute atomic E-state index is 0.116. The number of rotatable bonds is 4. The molecule has 0 bridgehead atoms. The van der Waals surface area contributed by atoms with Crippen molar-refractivity contribution in [2.24, 2.45) is 7.05 Å². The van der Waals surface area contributed by atoms with Crippen molar-refractivity contribution in [3.8, 4) is 5.88 Å². The van der Waals surface area contributed by atoms with Crippen LogP contribution in [0.15, 0.2) is 30.3 Å². The molecule has 1 aromatic carbocycles. The van der Waals surface area contributed by atoms with Crippen molar-refractivity contribution in [2.75, 3.05) is 11.9 Å². The Morgan fingerprint density at radius 3 is 2.83 bits per heavy atom. The van der Waals surface area contributed by atoms with Crippen LogP contribution in [0.3, 0.4) is 0 Å². The first kappa shape index (κ1) is 15.9. The number of anilines is 1. The molecule has 3 rings (SSSR count). The summed E-state index contributed by atoms with van der Waals surface area (Å²) in [7, 11) is 1.76. The van der Waals surface area contributed by atoms with Gasteiger partial charge in [0.15, 0.2) is 12.3 Å². The van der Waals surface area contributed by atoms with Crippen molar-refractivity contribution < 1.29 is 13.9 Å². The van der Waals surface area contributed by atoms with Gasteiger partial charge in [-0.15, -0.1) is 5.10 Å². The Balaban J connectivity index is 1.76. The SMILES string of the molecule is Cc1cc(C)c2c(OCC(=O)Nc3ccccc3F)nn(C)c2n1. The molecular formula is C17H17FN4O2. The molecule has 2 heterocycles. The van der Waals surface area contributed by atoms with E-state index in [2.05, 4.69) is 15.4 Å². The Hall–Kier alpha value is -2.96. The van der Waals surface area contributed by atoms with Gasteiger partial charge >= 0.3 is 0 Å². The van der Waals surface area contributed by atoms with Gasteiger partial charge in [-0.25, -0.2) is 14.1 Å². The summed E-state index contributed by atoms with van der Waals surface area (Å²) in [5.41, 5.74) is 2.66. The highest BCUT2D eigenvalue weighted by Gasteiger charge is 2.16. The zero-order valence-corrected chi connectivity index (χ0v) is 13.6. The van der Waals surface area contributed by atoms with Crippen LogP contribution < -0.4 is 10.1 Å². The van der Waals surface area contributed by atoms with Crippen molar-refractivity contribution in [2.45, 2.75) is 13.8 Å². The van der Waals surface area contributed by atoms with E-state index in [9.17, 15) is 9.18 Å². The molecule has 1 N–H and O–H groups in total. The number of ether oxygens (including phenoxy) is 1. The second-order valence-electron chi connectivity index (χ2n) is 5.52.